The normalized spacial score (nSPS) is 14.8. The molecule has 1 aliphatic heterocycles. The highest BCUT2D eigenvalue weighted by Gasteiger charge is 2.27. The van der Waals surface area contributed by atoms with Gasteiger partial charge in [-0.2, -0.15) is 4.68 Å². The number of carbonyl (C=O) groups excluding carboxylic acids is 1. The molecular formula is C20H21FN6O. The van der Waals surface area contributed by atoms with E-state index in [1.54, 1.807) is 16.8 Å². The van der Waals surface area contributed by atoms with E-state index in [4.69, 9.17) is 0 Å². The Labute approximate surface area is 162 Å². The number of rotatable bonds is 5. The molecule has 2 aromatic carbocycles. The largest absolute Gasteiger partial charge is 0.352 e. The molecule has 2 heterocycles. The fraction of sp³-hybridized carbons (Fsp3) is 0.300. The number of nitrogens with one attached hydrogen (secondary N) is 1. The van der Waals surface area contributed by atoms with Gasteiger partial charge >= 0.3 is 0 Å². The van der Waals surface area contributed by atoms with E-state index in [-0.39, 0.29) is 17.6 Å². The molecule has 1 N–H and O–H groups in total. The molecule has 7 nitrogen and oxygen atoms in total. The van der Waals surface area contributed by atoms with E-state index in [1.807, 2.05) is 30.3 Å². The Morgan fingerprint density at radius 2 is 1.79 bits per heavy atom. The first-order valence-corrected chi connectivity index (χ1v) is 9.31. The maximum atomic E-state index is 13.0. The monoisotopic (exact) mass is 380 g/mol. The molecule has 8 heteroatoms. The van der Waals surface area contributed by atoms with Crippen LogP contribution in [-0.2, 0) is 11.3 Å². The van der Waals surface area contributed by atoms with E-state index in [0.29, 0.717) is 25.6 Å². The average molecular weight is 380 g/mol. The van der Waals surface area contributed by atoms with Crippen molar-refractivity contribution in [2.45, 2.75) is 19.4 Å². The lowest BCUT2D eigenvalue weighted by molar-refractivity contribution is -0.125. The number of benzene rings is 2. The van der Waals surface area contributed by atoms with Crippen molar-refractivity contribution >= 4 is 11.9 Å². The van der Waals surface area contributed by atoms with Gasteiger partial charge in [-0.15, -0.1) is 0 Å². The number of aromatic nitrogens is 4. The van der Waals surface area contributed by atoms with Crippen LogP contribution in [0.25, 0.3) is 5.69 Å². The minimum atomic E-state index is -0.278. The van der Waals surface area contributed by atoms with Crippen molar-refractivity contribution in [3.05, 3.63) is 66.0 Å². The Kier molecular flexibility index (Phi) is 5.27. The third-order valence-corrected chi connectivity index (χ3v) is 4.98. The van der Waals surface area contributed by atoms with Crippen LogP contribution in [0.2, 0.25) is 0 Å². The smallest absolute Gasteiger partial charge is 0.250 e. The molecule has 28 heavy (non-hydrogen) atoms. The number of nitrogens with zero attached hydrogens (tertiary/aromatic N) is 5. The van der Waals surface area contributed by atoms with Gasteiger partial charge in [0.15, 0.2) is 0 Å². The van der Waals surface area contributed by atoms with Crippen molar-refractivity contribution in [1.82, 2.24) is 25.5 Å². The first-order chi connectivity index (χ1) is 13.7. The number of amides is 1. The number of hydrogen-bond donors (Lipinski definition) is 1. The van der Waals surface area contributed by atoms with E-state index in [2.05, 4.69) is 25.7 Å². The van der Waals surface area contributed by atoms with Gasteiger partial charge in [0.25, 0.3) is 0 Å². The highest BCUT2D eigenvalue weighted by atomic mass is 19.1. The molecule has 1 aromatic heterocycles. The van der Waals surface area contributed by atoms with Gasteiger partial charge in [0.1, 0.15) is 5.82 Å². The van der Waals surface area contributed by atoms with E-state index in [9.17, 15) is 9.18 Å². The van der Waals surface area contributed by atoms with Crippen molar-refractivity contribution in [3.8, 4) is 5.69 Å². The molecule has 0 bridgehead atoms. The quantitative estimate of drug-likeness (QED) is 0.735. The van der Waals surface area contributed by atoms with E-state index >= 15 is 0 Å². The zero-order valence-corrected chi connectivity index (χ0v) is 15.3. The van der Waals surface area contributed by atoms with Crippen LogP contribution in [0.15, 0.2) is 54.6 Å². The highest BCUT2D eigenvalue weighted by molar-refractivity contribution is 5.78. The van der Waals surface area contributed by atoms with Crippen LogP contribution in [0.1, 0.15) is 18.4 Å². The molecule has 0 radical (unpaired) electrons. The Bertz CT molecular complexity index is 919. The van der Waals surface area contributed by atoms with Crippen LogP contribution >= 0.6 is 0 Å². The fourth-order valence-electron chi connectivity index (χ4n) is 3.39. The molecule has 0 spiro atoms. The van der Waals surface area contributed by atoms with Crippen molar-refractivity contribution in [1.29, 1.82) is 0 Å². The number of para-hydroxylation sites is 1. The summed E-state index contributed by atoms with van der Waals surface area (Å²) in [5.41, 5.74) is 1.79. The zero-order valence-electron chi connectivity index (χ0n) is 15.3. The number of halogens is 1. The maximum Gasteiger partial charge on any atom is 0.250 e. The second-order valence-corrected chi connectivity index (χ2v) is 6.83. The number of piperidine rings is 1. The van der Waals surface area contributed by atoms with Crippen LogP contribution < -0.4 is 10.2 Å². The number of carbonyl (C=O) groups is 1. The summed E-state index contributed by atoms with van der Waals surface area (Å²) in [6.07, 6.45) is 1.47. The molecule has 1 aliphatic rings. The van der Waals surface area contributed by atoms with Gasteiger partial charge in [0, 0.05) is 25.6 Å². The Morgan fingerprint density at radius 1 is 1.07 bits per heavy atom. The second kappa shape index (κ2) is 8.16. The van der Waals surface area contributed by atoms with Gasteiger partial charge in [0.05, 0.1) is 5.69 Å². The average Bonchev–Trinajstić information content (AvgIpc) is 3.24. The summed E-state index contributed by atoms with van der Waals surface area (Å²) in [5.74, 6) is 0.404. The molecule has 144 valence electrons. The minimum Gasteiger partial charge on any atom is -0.352 e. The van der Waals surface area contributed by atoms with Gasteiger partial charge in [-0.1, -0.05) is 35.4 Å². The first-order valence-electron chi connectivity index (χ1n) is 9.31. The van der Waals surface area contributed by atoms with E-state index < -0.39 is 0 Å². The second-order valence-electron chi connectivity index (χ2n) is 6.83. The van der Waals surface area contributed by atoms with Gasteiger partial charge in [-0.05, 0) is 53.1 Å². The van der Waals surface area contributed by atoms with E-state index in [1.165, 1.54) is 12.1 Å². The van der Waals surface area contributed by atoms with Crippen LogP contribution in [0.3, 0.4) is 0 Å². The van der Waals surface area contributed by atoms with Crippen molar-refractivity contribution < 1.29 is 9.18 Å². The Balaban J connectivity index is 1.33. The Morgan fingerprint density at radius 3 is 2.50 bits per heavy atom. The van der Waals surface area contributed by atoms with Crippen LogP contribution in [0.5, 0.6) is 0 Å². The van der Waals surface area contributed by atoms with Crippen molar-refractivity contribution in [2.24, 2.45) is 5.92 Å². The van der Waals surface area contributed by atoms with Gasteiger partial charge < -0.3 is 10.2 Å². The molecule has 4 rings (SSSR count). The molecule has 3 aromatic rings. The molecule has 1 fully saturated rings. The van der Waals surface area contributed by atoms with Crippen molar-refractivity contribution in [2.75, 3.05) is 18.0 Å². The summed E-state index contributed by atoms with van der Waals surface area (Å²) < 4.78 is 14.7. The Hall–Kier alpha value is -3.29. The highest BCUT2D eigenvalue weighted by Crippen LogP contribution is 2.23. The molecule has 0 aliphatic carbocycles. The third kappa shape index (κ3) is 4.00. The molecular weight excluding hydrogens is 359 g/mol. The standard InChI is InChI=1S/C20H21FN6O/c21-17-8-6-15(7-9-17)14-22-19(28)16-10-12-26(13-11-16)20-23-24-25-27(20)18-4-2-1-3-5-18/h1-9,16H,10-14H2,(H,22,28). The fourth-order valence-corrected chi connectivity index (χ4v) is 3.39. The summed E-state index contributed by atoms with van der Waals surface area (Å²) in [6, 6.07) is 15.9. The topological polar surface area (TPSA) is 75.9 Å². The molecule has 0 saturated carbocycles. The van der Waals surface area contributed by atoms with Crippen LogP contribution in [0.4, 0.5) is 10.3 Å². The number of anilines is 1. The minimum absolute atomic E-state index is 0.0339. The molecule has 0 atom stereocenters. The number of tetrazole rings is 1. The summed E-state index contributed by atoms with van der Waals surface area (Å²) in [7, 11) is 0. The maximum absolute atomic E-state index is 13.0. The predicted octanol–water partition coefficient (Wildman–Crippen LogP) is 2.33. The summed E-state index contributed by atoms with van der Waals surface area (Å²) >= 11 is 0. The molecule has 1 amide bonds. The molecule has 1 saturated heterocycles. The summed E-state index contributed by atoms with van der Waals surface area (Å²) in [5, 5.41) is 15.0. The first kappa shape index (κ1) is 18.1. The van der Waals surface area contributed by atoms with Crippen LogP contribution in [-0.4, -0.2) is 39.2 Å². The summed E-state index contributed by atoms with van der Waals surface area (Å²) in [4.78, 5) is 14.6. The summed E-state index contributed by atoms with van der Waals surface area (Å²) in [6.45, 7) is 1.83. The SMILES string of the molecule is O=C(NCc1ccc(F)cc1)C1CCN(c2nnnn2-c2ccccc2)CC1. The van der Waals surface area contributed by atoms with Gasteiger partial charge in [0.2, 0.25) is 11.9 Å². The lowest BCUT2D eigenvalue weighted by Gasteiger charge is -2.31. The lowest BCUT2D eigenvalue weighted by atomic mass is 9.96. The van der Waals surface area contributed by atoms with Crippen molar-refractivity contribution in [3.63, 3.8) is 0 Å². The van der Waals surface area contributed by atoms with Gasteiger partial charge in [-0.25, -0.2) is 4.39 Å². The predicted molar refractivity (Wildman–Crippen MR) is 102 cm³/mol. The van der Waals surface area contributed by atoms with E-state index in [0.717, 1.165) is 24.1 Å². The zero-order chi connectivity index (χ0) is 19.3. The third-order valence-electron chi connectivity index (χ3n) is 4.98. The number of hydrogen-bond acceptors (Lipinski definition) is 5. The van der Waals surface area contributed by atoms with Crippen LogP contribution in [0, 0.1) is 11.7 Å². The van der Waals surface area contributed by atoms with Gasteiger partial charge in [-0.3, -0.25) is 4.79 Å². The molecule has 0 unspecified atom stereocenters. The lowest BCUT2D eigenvalue weighted by Crippen LogP contribution is -2.41.